The van der Waals surface area contributed by atoms with E-state index in [1.807, 2.05) is 30.3 Å². The second-order valence-electron chi connectivity index (χ2n) is 10.5. The van der Waals surface area contributed by atoms with Crippen LogP contribution in [-0.4, -0.2) is 57.8 Å². The maximum absolute atomic E-state index is 13.8. The lowest BCUT2D eigenvalue weighted by atomic mass is 10.0. The minimum Gasteiger partial charge on any atom is -0.508 e. The van der Waals surface area contributed by atoms with Crippen molar-refractivity contribution in [2.24, 2.45) is 0 Å². The Hall–Kier alpha value is -3.59. The zero-order chi connectivity index (χ0) is 28.8. The van der Waals surface area contributed by atoms with Crippen LogP contribution in [0.15, 0.2) is 54.6 Å². The van der Waals surface area contributed by atoms with E-state index >= 15 is 0 Å². The van der Waals surface area contributed by atoms with Gasteiger partial charge in [-0.3, -0.25) is 9.59 Å². The van der Waals surface area contributed by atoms with Gasteiger partial charge < -0.3 is 30.5 Å². The van der Waals surface area contributed by atoms with Crippen molar-refractivity contribution in [3.8, 4) is 5.75 Å². The Kier molecular flexibility index (Phi) is 12.8. The summed E-state index contributed by atoms with van der Waals surface area (Å²) in [5.41, 5.74) is 0.597. The Balaban J connectivity index is 2.38. The van der Waals surface area contributed by atoms with E-state index in [2.05, 4.69) is 17.6 Å². The number of hydrogen-bond donors (Lipinski definition) is 4. The van der Waals surface area contributed by atoms with E-state index in [1.165, 1.54) is 17.0 Å². The number of aliphatic hydroxyl groups excluding tert-OH is 1. The van der Waals surface area contributed by atoms with Gasteiger partial charge in [0.05, 0.1) is 6.61 Å². The average molecular weight is 542 g/mol. The van der Waals surface area contributed by atoms with Crippen molar-refractivity contribution in [3.05, 3.63) is 65.7 Å². The van der Waals surface area contributed by atoms with Crippen LogP contribution in [0.2, 0.25) is 0 Å². The largest absolute Gasteiger partial charge is 0.508 e. The number of phenolic OH excluding ortho intramolecular Hbond substituents is 1. The molecule has 2 unspecified atom stereocenters. The van der Waals surface area contributed by atoms with E-state index < -0.39 is 42.2 Å². The molecule has 0 aliphatic carbocycles. The highest BCUT2D eigenvalue weighted by molar-refractivity contribution is 5.92. The standard InChI is InChI=1S/C30H43N3O6/c1-5-6-7-8-12-19-33(28(37)25(21-34)32-29(38)39-30(2,3)4)26(23-15-17-24(35)18-16-23)27(36)31-20-22-13-10-9-11-14-22/h9-11,13-18,25-26,34-35H,5-8,12,19-21H2,1-4H3,(H,31,36)(H,32,38). The molecular weight excluding hydrogens is 498 g/mol. The zero-order valence-corrected chi connectivity index (χ0v) is 23.5. The molecule has 0 spiro atoms. The molecule has 39 heavy (non-hydrogen) atoms. The number of carbonyl (C=O) groups is 3. The fourth-order valence-corrected chi connectivity index (χ4v) is 4.10. The van der Waals surface area contributed by atoms with E-state index in [0.29, 0.717) is 12.0 Å². The highest BCUT2D eigenvalue weighted by atomic mass is 16.6. The van der Waals surface area contributed by atoms with Crippen molar-refractivity contribution < 1.29 is 29.3 Å². The number of hydrogen-bond acceptors (Lipinski definition) is 6. The van der Waals surface area contributed by atoms with Gasteiger partial charge in [0.25, 0.3) is 0 Å². The lowest BCUT2D eigenvalue weighted by molar-refractivity contribution is -0.143. The highest BCUT2D eigenvalue weighted by Gasteiger charge is 2.35. The molecule has 2 rings (SSSR count). The van der Waals surface area contributed by atoms with E-state index in [0.717, 1.165) is 31.2 Å². The van der Waals surface area contributed by atoms with Gasteiger partial charge in [0, 0.05) is 13.1 Å². The number of amides is 3. The monoisotopic (exact) mass is 541 g/mol. The highest BCUT2D eigenvalue weighted by Crippen LogP contribution is 2.25. The number of aliphatic hydroxyl groups is 1. The molecule has 0 heterocycles. The third-order valence-electron chi connectivity index (χ3n) is 6.04. The van der Waals surface area contributed by atoms with Gasteiger partial charge >= 0.3 is 6.09 Å². The Morgan fingerprint density at radius 3 is 2.18 bits per heavy atom. The van der Waals surface area contributed by atoms with Crippen LogP contribution in [0.25, 0.3) is 0 Å². The summed E-state index contributed by atoms with van der Waals surface area (Å²) in [6, 6.07) is 13.1. The molecule has 0 fully saturated rings. The van der Waals surface area contributed by atoms with Crippen LogP contribution >= 0.6 is 0 Å². The molecule has 9 heteroatoms. The molecule has 0 saturated carbocycles. The van der Waals surface area contributed by atoms with E-state index in [4.69, 9.17) is 4.74 Å². The molecule has 214 valence electrons. The summed E-state index contributed by atoms with van der Waals surface area (Å²) in [4.78, 5) is 41.3. The van der Waals surface area contributed by atoms with Gasteiger partial charge in [0.1, 0.15) is 23.4 Å². The van der Waals surface area contributed by atoms with Crippen LogP contribution in [0.1, 0.15) is 77.0 Å². The summed E-state index contributed by atoms with van der Waals surface area (Å²) in [7, 11) is 0. The Morgan fingerprint density at radius 2 is 1.59 bits per heavy atom. The molecule has 0 radical (unpaired) electrons. The minimum absolute atomic E-state index is 0.0273. The Labute approximate surface area is 231 Å². The van der Waals surface area contributed by atoms with Crippen LogP contribution in [0, 0.1) is 0 Å². The fourth-order valence-electron chi connectivity index (χ4n) is 4.10. The number of nitrogens with one attached hydrogen (secondary N) is 2. The smallest absolute Gasteiger partial charge is 0.408 e. The minimum atomic E-state index is -1.31. The van der Waals surface area contributed by atoms with Gasteiger partial charge in [-0.15, -0.1) is 0 Å². The number of unbranched alkanes of at least 4 members (excludes halogenated alkanes) is 4. The molecule has 0 aliphatic heterocycles. The molecule has 2 atom stereocenters. The van der Waals surface area contributed by atoms with Crippen molar-refractivity contribution in [1.82, 2.24) is 15.5 Å². The third-order valence-corrected chi connectivity index (χ3v) is 6.04. The van der Waals surface area contributed by atoms with Crippen LogP contribution in [0.4, 0.5) is 4.79 Å². The van der Waals surface area contributed by atoms with Gasteiger partial charge in [0.2, 0.25) is 11.8 Å². The molecule has 0 bridgehead atoms. The number of nitrogens with zero attached hydrogens (tertiary/aromatic N) is 1. The first kappa shape index (κ1) is 31.6. The second kappa shape index (κ2) is 15.7. The molecule has 9 nitrogen and oxygen atoms in total. The number of rotatable bonds is 14. The van der Waals surface area contributed by atoms with Crippen molar-refractivity contribution in [2.45, 2.75) is 84.0 Å². The van der Waals surface area contributed by atoms with Gasteiger partial charge in [0.15, 0.2) is 0 Å². The number of ether oxygens (including phenoxy) is 1. The normalized spacial score (nSPS) is 12.7. The summed E-state index contributed by atoms with van der Waals surface area (Å²) in [5, 5.41) is 25.3. The maximum atomic E-state index is 13.8. The molecule has 2 aromatic carbocycles. The van der Waals surface area contributed by atoms with Gasteiger partial charge in [-0.2, -0.15) is 0 Å². The average Bonchev–Trinajstić information content (AvgIpc) is 2.89. The molecule has 0 aliphatic rings. The maximum Gasteiger partial charge on any atom is 0.408 e. The number of alkyl carbamates (subject to hydrolysis) is 1. The van der Waals surface area contributed by atoms with Crippen molar-refractivity contribution in [1.29, 1.82) is 0 Å². The van der Waals surface area contributed by atoms with Crippen LogP contribution in [0.5, 0.6) is 5.75 Å². The number of carbonyl (C=O) groups excluding carboxylic acids is 3. The predicted octanol–water partition coefficient (Wildman–Crippen LogP) is 4.43. The summed E-state index contributed by atoms with van der Waals surface area (Å²) in [5.74, 6) is -0.994. The SMILES string of the molecule is CCCCCCCN(C(=O)C(CO)NC(=O)OC(C)(C)C)C(C(=O)NCc1ccccc1)c1ccc(O)cc1. The first-order chi connectivity index (χ1) is 18.6. The van der Waals surface area contributed by atoms with Crippen LogP contribution in [0.3, 0.4) is 0 Å². The van der Waals surface area contributed by atoms with Crippen molar-refractivity contribution in [3.63, 3.8) is 0 Å². The summed E-state index contributed by atoms with van der Waals surface area (Å²) < 4.78 is 5.28. The first-order valence-electron chi connectivity index (χ1n) is 13.6. The summed E-state index contributed by atoms with van der Waals surface area (Å²) >= 11 is 0. The second-order valence-corrected chi connectivity index (χ2v) is 10.5. The zero-order valence-electron chi connectivity index (χ0n) is 23.5. The van der Waals surface area contributed by atoms with Crippen LogP contribution in [-0.2, 0) is 20.9 Å². The van der Waals surface area contributed by atoms with Gasteiger partial charge in [-0.05, 0) is 50.5 Å². The fraction of sp³-hybridized carbons (Fsp3) is 0.500. The van der Waals surface area contributed by atoms with E-state index in [1.54, 1.807) is 32.9 Å². The van der Waals surface area contributed by atoms with E-state index in [9.17, 15) is 24.6 Å². The first-order valence-corrected chi connectivity index (χ1v) is 13.6. The van der Waals surface area contributed by atoms with Gasteiger partial charge in [-0.25, -0.2) is 4.79 Å². The van der Waals surface area contributed by atoms with Crippen molar-refractivity contribution in [2.75, 3.05) is 13.2 Å². The molecule has 3 amide bonds. The topological polar surface area (TPSA) is 128 Å². The number of aromatic hydroxyl groups is 1. The predicted molar refractivity (Wildman–Crippen MR) is 150 cm³/mol. The lowest BCUT2D eigenvalue weighted by Crippen LogP contribution is -2.54. The number of phenols is 1. The lowest BCUT2D eigenvalue weighted by Gasteiger charge is -2.34. The molecule has 4 N–H and O–H groups in total. The molecule has 0 saturated heterocycles. The number of benzene rings is 2. The quantitative estimate of drug-likeness (QED) is 0.262. The molecule has 2 aromatic rings. The Bertz CT molecular complexity index is 1040. The Morgan fingerprint density at radius 1 is 0.949 bits per heavy atom. The van der Waals surface area contributed by atoms with Crippen molar-refractivity contribution >= 4 is 17.9 Å². The summed E-state index contributed by atoms with van der Waals surface area (Å²) in [6.45, 7) is 7.03. The third kappa shape index (κ3) is 11.0. The summed E-state index contributed by atoms with van der Waals surface area (Å²) in [6.07, 6.45) is 3.76. The molecular formula is C30H43N3O6. The van der Waals surface area contributed by atoms with Crippen LogP contribution < -0.4 is 10.6 Å². The molecule has 0 aromatic heterocycles. The van der Waals surface area contributed by atoms with Gasteiger partial charge in [-0.1, -0.05) is 75.1 Å². The van der Waals surface area contributed by atoms with E-state index in [-0.39, 0.29) is 18.8 Å².